The van der Waals surface area contributed by atoms with Crippen LogP contribution >= 0.6 is 0 Å². The van der Waals surface area contributed by atoms with Gasteiger partial charge in [-0.25, -0.2) is 9.18 Å². The number of carbonyl (C=O) groups excluding carboxylic acids is 2. The van der Waals surface area contributed by atoms with E-state index in [4.69, 9.17) is 4.74 Å². The number of esters is 1. The number of hydrogen-bond acceptors (Lipinski definition) is 3. The van der Waals surface area contributed by atoms with Crippen LogP contribution in [0.15, 0.2) is 18.2 Å². The van der Waals surface area contributed by atoms with E-state index in [9.17, 15) is 14.0 Å². The zero-order valence-electron chi connectivity index (χ0n) is 12.6. The summed E-state index contributed by atoms with van der Waals surface area (Å²) in [5, 5.41) is 0. The van der Waals surface area contributed by atoms with Gasteiger partial charge in [0.15, 0.2) is 0 Å². The number of aryl methyl sites for hydroxylation is 1. The predicted octanol–water partition coefficient (Wildman–Crippen LogP) is 2.69. The Hall–Kier alpha value is -1.91. The van der Waals surface area contributed by atoms with Crippen molar-refractivity contribution in [3.63, 3.8) is 0 Å². The minimum absolute atomic E-state index is 0.273. The van der Waals surface area contributed by atoms with Crippen molar-refractivity contribution < 1.29 is 18.7 Å². The van der Waals surface area contributed by atoms with Crippen molar-refractivity contribution in [1.29, 1.82) is 0 Å². The fourth-order valence-electron chi connectivity index (χ4n) is 2.76. The normalized spacial score (nSPS) is 21.4. The molecule has 0 N–H and O–H groups in total. The molecule has 2 rings (SSSR count). The summed E-state index contributed by atoms with van der Waals surface area (Å²) >= 11 is 0. The van der Waals surface area contributed by atoms with Crippen LogP contribution in [0.25, 0.3) is 0 Å². The number of hydrogen-bond donors (Lipinski definition) is 0. The van der Waals surface area contributed by atoms with E-state index in [1.165, 1.54) is 17.0 Å². The summed E-state index contributed by atoms with van der Waals surface area (Å²) in [4.78, 5) is 26.4. The first kappa shape index (κ1) is 15.5. The number of amides is 1. The highest BCUT2D eigenvalue weighted by Crippen LogP contribution is 2.32. The van der Waals surface area contributed by atoms with Crippen molar-refractivity contribution in [2.75, 3.05) is 13.2 Å². The van der Waals surface area contributed by atoms with E-state index in [1.54, 1.807) is 26.8 Å². The molecule has 1 aromatic carbocycles. The van der Waals surface area contributed by atoms with Crippen LogP contribution < -0.4 is 0 Å². The van der Waals surface area contributed by atoms with E-state index >= 15 is 0 Å². The molecule has 5 heteroatoms. The summed E-state index contributed by atoms with van der Waals surface area (Å²) in [7, 11) is 0. The summed E-state index contributed by atoms with van der Waals surface area (Å²) in [6.45, 7) is 5.95. The van der Waals surface area contributed by atoms with Crippen molar-refractivity contribution >= 4 is 11.9 Å². The van der Waals surface area contributed by atoms with Crippen LogP contribution in [0, 0.1) is 12.7 Å². The Kier molecular flexibility index (Phi) is 4.30. The average molecular weight is 293 g/mol. The van der Waals surface area contributed by atoms with E-state index in [0.717, 1.165) is 6.42 Å². The zero-order valence-corrected chi connectivity index (χ0v) is 12.6. The number of ether oxygens (including phenoxy) is 1. The first-order valence-electron chi connectivity index (χ1n) is 7.15. The molecule has 1 fully saturated rings. The number of nitrogens with zero attached hydrogens (tertiary/aromatic N) is 1. The third kappa shape index (κ3) is 2.77. The second-order valence-electron chi connectivity index (χ2n) is 5.51. The topological polar surface area (TPSA) is 46.6 Å². The molecule has 4 nitrogen and oxygen atoms in total. The molecule has 0 spiro atoms. The molecule has 1 atom stereocenters. The summed E-state index contributed by atoms with van der Waals surface area (Å²) < 4.78 is 18.5. The minimum Gasteiger partial charge on any atom is -0.464 e. The van der Waals surface area contributed by atoms with Crippen molar-refractivity contribution in [2.24, 2.45) is 0 Å². The molecule has 1 heterocycles. The molecule has 0 saturated carbocycles. The van der Waals surface area contributed by atoms with Crippen molar-refractivity contribution in [3.8, 4) is 0 Å². The van der Waals surface area contributed by atoms with Crippen LogP contribution in [0.1, 0.15) is 42.6 Å². The largest absolute Gasteiger partial charge is 0.464 e. The van der Waals surface area contributed by atoms with Crippen molar-refractivity contribution in [1.82, 2.24) is 4.90 Å². The molecular weight excluding hydrogens is 273 g/mol. The lowest BCUT2D eigenvalue weighted by Gasteiger charge is -2.33. The molecular formula is C16H20FNO3. The zero-order chi connectivity index (χ0) is 15.6. The Balaban J connectivity index is 2.33. The Morgan fingerprint density at radius 3 is 2.81 bits per heavy atom. The second-order valence-corrected chi connectivity index (χ2v) is 5.51. The molecule has 1 aliphatic heterocycles. The first-order valence-corrected chi connectivity index (χ1v) is 7.15. The third-order valence-electron chi connectivity index (χ3n) is 4.03. The van der Waals surface area contributed by atoms with Gasteiger partial charge in [-0.1, -0.05) is 6.07 Å². The van der Waals surface area contributed by atoms with Crippen LogP contribution in [0.2, 0.25) is 0 Å². The van der Waals surface area contributed by atoms with Gasteiger partial charge in [-0.2, -0.15) is 0 Å². The smallest absolute Gasteiger partial charge is 0.331 e. The Morgan fingerprint density at radius 2 is 2.14 bits per heavy atom. The Morgan fingerprint density at radius 1 is 1.43 bits per heavy atom. The minimum atomic E-state index is -0.966. The number of benzene rings is 1. The van der Waals surface area contributed by atoms with Gasteiger partial charge in [-0.3, -0.25) is 4.79 Å². The summed E-state index contributed by atoms with van der Waals surface area (Å²) in [5.41, 5.74) is 0.0261. The maximum Gasteiger partial charge on any atom is 0.331 e. The molecule has 1 saturated heterocycles. The van der Waals surface area contributed by atoms with Gasteiger partial charge >= 0.3 is 5.97 Å². The van der Waals surface area contributed by atoms with Gasteiger partial charge in [0.2, 0.25) is 0 Å². The average Bonchev–Trinajstić information content (AvgIpc) is 2.84. The van der Waals surface area contributed by atoms with Gasteiger partial charge in [0.25, 0.3) is 5.91 Å². The van der Waals surface area contributed by atoms with Gasteiger partial charge in [-0.05, 0) is 51.3 Å². The highest BCUT2D eigenvalue weighted by molar-refractivity contribution is 5.99. The second kappa shape index (κ2) is 5.84. The highest BCUT2D eigenvalue weighted by atomic mass is 19.1. The quantitative estimate of drug-likeness (QED) is 0.805. The first-order chi connectivity index (χ1) is 9.90. The molecule has 0 aliphatic carbocycles. The van der Waals surface area contributed by atoms with Crippen LogP contribution in [0.5, 0.6) is 0 Å². The SMILES string of the molecule is CCOC(=O)C1(C)CCCN1C(=O)c1cc(F)ccc1C. The molecule has 0 radical (unpaired) electrons. The van der Waals surface area contributed by atoms with E-state index in [1.807, 2.05) is 0 Å². The van der Waals surface area contributed by atoms with Crippen molar-refractivity contribution in [2.45, 2.75) is 39.2 Å². The lowest BCUT2D eigenvalue weighted by molar-refractivity contribution is -0.153. The van der Waals surface area contributed by atoms with E-state index in [0.29, 0.717) is 24.1 Å². The molecule has 1 aliphatic rings. The van der Waals surface area contributed by atoms with Gasteiger partial charge in [-0.15, -0.1) is 0 Å². The summed E-state index contributed by atoms with van der Waals surface area (Å²) in [5.74, 6) is -1.18. The maximum absolute atomic E-state index is 13.4. The predicted molar refractivity (Wildman–Crippen MR) is 76.4 cm³/mol. The van der Waals surface area contributed by atoms with Gasteiger partial charge < -0.3 is 9.64 Å². The lowest BCUT2D eigenvalue weighted by Crippen LogP contribution is -2.51. The molecule has 21 heavy (non-hydrogen) atoms. The molecule has 114 valence electrons. The van der Waals surface area contributed by atoms with Crippen molar-refractivity contribution in [3.05, 3.63) is 35.1 Å². The van der Waals surface area contributed by atoms with Crippen LogP contribution in [0.3, 0.4) is 0 Å². The highest BCUT2D eigenvalue weighted by Gasteiger charge is 2.47. The Bertz CT molecular complexity index is 573. The monoisotopic (exact) mass is 293 g/mol. The van der Waals surface area contributed by atoms with Crippen LogP contribution in [-0.2, 0) is 9.53 Å². The van der Waals surface area contributed by atoms with Gasteiger partial charge in [0.1, 0.15) is 11.4 Å². The van der Waals surface area contributed by atoms with Gasteiger partial charge in [0, 0.05) is 12.1 Å². The van der Waals surface area contributed by atoms with E-state index in [2.05, 4.69) is 0 Å². The number of rotatable bonds is 3. The van der Waals surface area contributed by atoms with E-state index in [-0.39, 0.29) is 12.5 Å². The summed E-state index contributed by atoms with van der Waals surface area (Å²) in [6, 6.07) is 4.11. The number of carbonyl (C=O) groups is 2. The standard InChI is InChI=1S/C16H20FNO3/c1-4-21-15(20)16(3)8-5-9-18(16)14(19)13-10-12(17)7-6-11(13)2/h6-7,10H,4-5,8-9H2,1-3H3. The number of halogens is 1. The van der Waals surface area contributed by atoms with Crippen LogP contribution in [0.4, 0.5) is 4.39 Å². The number of likely N-dealkylation sites (tertiary alicyclic amines) is 1. The molecule has 1 aromatic rings. The van der Waals surface area contributed by atoms with Crippen LogP contribution in [-0.4, -0.2) is 35.5 Å². The lowest BCUT2D eigenvalue weighted by atomic mass is 9.97. The molecule has 1 unspecified atom stereocenters. The maximum atomic E-state index is 13.4. The molecule has 0 aromatic heterocycles. The Labute approximate surface area is 123 Å². The van der Waals surface area contributed by atoms with Gasteiger partial charge in [0.05, 0.1) is 6.61 Å². The van der Waals surface area contributed by atoms with E-state index < -0.39 is 17.3 Å². The third-order valence-corrected chi connectivity index (χ3v) is 4.03. The summed E-state index contributed by atoms with van der Waals surface area (Å²) in [6.07, 6.45) is 1.29. The molecule has 0 bridgehead atoms. The fourth-order valence-corrected chi connectivity index (χ4v) is 2.76. The molecule has 1 amide bonds. The fraction of sp³-hybridized carbons (Fsp3) is 0.500.